The summed E-state index contributed by atoms with van der Waals surface area (Å²) in [6.07, 6.45) is 9.84. The van der Waals surface area contributed by atoms with Gasteiger partial charge in [-0.2, -0.15) is 8.78 Å². The maximum atomic E-state index is 13.6. The Balaban J connectivity index is 5.11. The van der Waals surface area contributed by atoms with Gasteiger partial charge < -0.3 is 0 Å². The molecule has 0 atom stereocenters. The van der Waals surface area contributed by atoms with Crippen LogP contribution < -0.4 is 0 Å². The number of hydrogen-bond donors (Lipinski definition) is 0. The molecule has 0 heterocycles. The minimum Gasteiger partial charge on any atom is -0.197 e. The lowest BCUT2D eigenvalue weighted by Gasteiger charge is -2.12. The molecule has 0 rings (SSSR count). The van der Waals surface area contributed by atoms with Gasteiger partial charge in [0.2, 0.25) is 0 Å². The van der Waals surface area contributed by atoms with E-state index in [4.69, 9.17) is 0 Å². The number of halogens is 2. The Kier molecular flexibility index (Phi) is 7.11. The SMILES string of the molecule is C=CC/C(=C\C=C(/C=C)C(F)(F)/C=C/C)CC. The van der Waals surface area contributed by atoms with Crippen LogP contribution in [0.4, 0.5) is 8.78 Å². The summed E-state index contributed by atoms with van der Waals surface area (Å²) in [4.78, 5) is 0. The van der Waals surface area contributed by atoms with Gasteiger partial charge in [0, 0.05) is 5.57 Å². The van der Waals surface area contributed by atoms with Crippen LogP contribution in [0.1, 0.15) is 26.7 Å². The third-order valence-corrected chi connectivity index (χ3v) is 2.34. The van der Waals surface area contributed by atoms with Gasteiger partial charge in [-0.15, -0.1) is 6.58 Å². The molecule has 0 saturated heterocycles. The molecular formula is C15H20F2. The van der Waals surface area contributed by atoms with Gasteiger partial charge in [0.05, 0.1) is 0 Å². The van der Waals surface area contributed by atoms with Crippen LogP contribution in [0.25, 0.3) is 0 Å². The van der Waals surface area contributed by atoms with E-state index in [9.17, 15) is 8.78 Å². The Morgan fingerprint density at radius 1 is 1.24 bits per heavy atom. The molecule has 0 radical (unpaired) electrons. The summed E-state index contributed by atoms with van der Waals surface area (Å²) in [5.41, 5.74) is 0.973. The summed E-state index contributed by atoms with van der Waals surface area (Å²) in [7, 11) is 0. The molecule has 0 aliphatic heterocycles. The Labute approximate surface area is 103 Å². The highest BCUT2D eigenvalue weighted by molar-refractivity contribution is 5.34. The van der Waals surface area contributed by atoms with Gasteiger partial charge in [-0.25, -0.2) is 0 Å². The lowest BCUT2D eigenvalue weighted by atomic mass is 10.0. The number of allylic oxidation sites excluding steroid dienone is 8. The first-order chi connectivity index (χ1) is 8.01. The quantitative estimate of drug-likeness (QED) is 0.421. The topological polar surface area (TPSA) is 0 Å². The molecule has 0 amide bonds. The van der Waals surface area contributed by atoms with Gasteiger partial charge in [0.15, 0.2) is 0 Å². The minimum atomic E-state index is -2.96. The zero-order valence-corrected chi connectivity index (χ0v) is 10.5. The normalized spacial score (nSPS) is 14.1. The van der Waals surface area contributed by atoms with Crippen molar-refractivity contribution in [2.75, 3.05) is 0 Å². The van der Waals surface area contributed by atoms with E-state index >= 15 is 0 Å². The molecular weight excluding hydrogens is 218 g/mol. The molecule has 0 nitrogen and oxygen atoms in total. The highest BCUT2D eigenvalue weighted by Crippen LogP contribution is 2.27. The fraction of sp³-hybridized carbons (Fsp3) is 0.333. The van der Waals surface area contributed by atoms with Crippen LogP contribution in [0.3, 0.4) is 0 Å². The van der Waals surface area contributed by atoms with E-state index in [1.807, 2.05) is 6.92 Å². The van der Waals surface area contributed by atoms with E-state index < -0.39 is 5.92 Å². The maximum absolute atomic E-state index is 13.6. The summed E-state index contributed by atoms with van der Waals surface area (Å²) < 4.78 is 27.1. The van der Waals surface area contributed by atoms with Crippen LogP contribution >= 0.6 is 0 Å². The zero-order valence-electron chi connectivity index (χ0n) is 10.5. The van der Waals surface area contributed by atoms with E-state index in [2.05, 4.69) is 13.2 Å². The van der Waals surface area contributed by atoms with Crippen LogP contribution in [0, 0.1) is 0 Å². The first kappa shape index (κ1) is 15.6. The summed E-state index contributed by atoms with van der Waals surface area (Å²) >= 11 is 0. The van der Waals surface area contributed by atoms with Crippen molar-refractivity contribution < 1.29 is 8.78 Å². The maximum Gasteiger partial charge on any atom is 0.291 e. The Bertz CT molecular complexity index is 344. The third-order valence-electron chi connectivity index (χ3n) is 2.34. The molecule has 0 aromatic rings. The molecule has 0 aliphatic rings. The number of hydrogen-bond acceptors (Lipinski definition) is 0. The molecule has 0 aliphatic carbocycles. The molecule has 94 valence electrons. The molecule has 0 aromatic carbocycles. The highest BCUT2D eigenvalue weighted by atomic mass is 19.3. The van der Waals surface area contributed by atoms with Crippen LogP contribution in [0.15, 0.2) is 60.8 Å². The van der Waals surface area contributed by atoms with Crippen molar-refractivity contribution in [3.05, 3.63) is 60.8 Å². The summed E-state index contributed by atoms with van der Waals surface area (Å²) in [5, 5.41) is 0. The fourth-order valence-electron chi connectivity index (χ4n) is 1.34. The fourth-order valence-corrected chi connectivity index (χ4v) is 1.34. The predicted molar refractivity (Wildman–Crippen MR) is 71.2 cm³/mol. The van der Waals surface area contributed by atoms with Crippen molar-refractivity contribution in [1.29, 1.82) is 0 Å². The van der Waals surface area contributed by atoms with Crippen molar-refractivity contribution in [2.45, 2.75) is 32.6 Å². The van der Waals surface area contributed by atoms with Gasteiger partial charge >= 0.3 is 0 Å². The standard InChI is InChI=1S/C15H20F2/c1-5-9-13(7-3)10-11-14(8-4)15(16,17)12-6-2/h5-6,8,10-12H,1,4,7,9H2,2-3H3/b12-6+,13-10-,14-11+. The van der Waals surface area contributed by atoms with Crippen molar-refractivity contribution in [3.63, 3.8) is 0 Å². The first-order valence-corrected chi connectivity index (χ1v) is 5.67. The van der Waals surface area contributed by atoms with E-state index in [0.717, 1.165) is 18.1 Å². The third kappa shape index (κ3) is 5.43. The van der Waals surface area contributed by atoms with Gasteiger partial charge in [-0.1, -0.05) is 49.5 Å². The first-order valence-electron chi connectivity index (χ1n) is 5.67. The Morgan fingerprint density at radius 2 is 1.88 bits per heavy atom. The van der Waals surface area contributed by atoms with Gasteiger partial charge in [-0.3, -0.25) is 0 Å². The molecule has 2 heteroatoms. The zero-order chi connectivity index (χ0) is 13.3. The monoisotopic (exact) mass is 238 g/mol. The van der Waals surface area contributed by atoms with Crippen molar-refractivity contribution in [1.82, 2.24) is 0 Å². The molecule has 0 N–H and O–H groups in total. The molecule has 0 spiro atoms. The second-order valence-corrected chi connectivity index (χ2v) is 3.62. The molecule has 0 fully saturated rings. The van der Waals surface area contributed by atoms with Crippen LogP contribution in [-0.4, -0.2) is 5.92 Å². The van der Waals surface area contributed by atoms with E-state index in [1.54, 1.807) is 19.1 Å². The van der Waals surface area contributed by atoms with E-state index in [0.29, 0.717) is 6.42 Å². The van der Waals surface area contributed by atoms with E-state index in [1.165, 1.54) is 18.2 Å². The van der Waals surface area contributed by atoms with Gasteiger partial charge in [0.25, 0.3) is 5.92 Å². The number of rotatable bonds is 7. The molecule has 0 unspecified atom stereocenters. The Morgan fingerprint density at radius 3 is 2.29 bits per heavy atom. The summed E-state index contributed by atoms with van der Waals surface area (Å²) in [5.74, 6) is -2.96. The van der Waals surface area contributed by atoms with Crippen LogP contribution in [0.2, 0.25) is 0 Å². The molecule has 0 aromatic heterocycles. The largest absolute Gasteiger partial charge is 0.291 e. The smallest absolute Gasteiger partial charge is 0.197 e. The Hall–Kier alpha value is -1.44. The second-order valence-electron chi connectivity index (χ2n) is 3.62. The number of alkyl halides is 2. The van der Waals surface area contributed by atoms with Gasteiger partial charge in [0.1, 0.15) is 0 Å². The van der Waals surface area contributed by atoms with Crippen LogP contribution in [0.5, 0.6) is 0 Å². The lowest BCUT2D eigenvalue weighted by molar-refractivity contribution is 0.101. The average Bonchev–Trinajstić information content (AvgIpc) is 2.27. The summed E-state index contributed by atoms with van der Waals surface area (Å²) in [6, 6.07) is 0. The minimum absolute atomic E-state index is 0.0920. The lowest BCUT2D eigenvalue weighted by Crippen LogP contribution is -2.14. The highest BCUT2D eigenvalue weighted by Gasteiger charge is 2.27. The average molecular weight is 238 g/mol. The van der Waals surface area contributed by atoms with Crippen molar-refractivity contribution >= 4 is 0 Å². The summed E-state index contributed by atoms with van der Waals surface area (Å²) in [6.45, 7) is 10.6. The molecule has 17 heavy (non-hydrogen) atoms. The van der Waals surface area contributed by atoms with Crippen LogP contribution in [-0.2, 0) is 0 Å². The van der Waals surface area contributed by atoms with Crippen molar-refractivity contribution in [3.8, 4) is 0 Å². The molecule has 0 saturated carbocycles. The second kappa shape index (κ2) is 7.77. The van der Waals surface area contributed by atoms with Crippen molar-refractivity contribution in [2.24, 2.45) is 0 Å². The van der Waals surface area contributed by atoms with E-state index in [-0.39, 0.29) is 5.57 Å². The predicted octanol–water partition coefficient (Wildman–Crippen LogP) is 5.22. The van der Waals surface area contributed by atoms with Gasteiger partial charge in [-0.05, 0) is 25.8 Å². The molecule has 0 bridgehead atoms.